The van der Waals surface area contributed by atoms with Crippen LogP contribution < -0.4 is 16.4 Å². The normalized spacial score (nSPS) is 12.3. The zero-order valence-corrected chi connectivity index (χ0v) is 10.7. The molecular formula is C13H20FN3O. The average Bonchev–Trinajstić information content (AvgIpc) is 2.25. The van der Waals surface area contributed by atoms with Crippen LogP contribution in [0.1, 0.15) is 20.3 Å². The van der Waals surface area contributed by atoms with Gasteiger partial charge in [0.2, 0.25) is 0 Å². The quantitative estimate of drug-likeness (QED) is 0.754. The van der Waals surface area contributed by atoms with Crippen LogP contribution >= 0.6 is 0 Å². The van der Waals surface area contributed by atoms with Crippen LogP contribution in [-0.2, 0) is 0 Å². The fourth-order valence-electron chi connectivity index (χ4n) is 1.65. The number of carbonyl (C=O) groups excluding carboxylic acids is 1. The molecule has 0 aliphatic carbocycles. The van der Waals surface area contributed by atoms with E-state index >= 15 is 0 Å². The molecule has 0 saturated carbocycles. The van der Waals surface area contributed by atoms with Crippen molar-refractivity contribution in [3.8, 4) is 0 Å². The van der Waals surface area contributed by atoms with E-state index < -0.39 is 0 Å². The van der Waals surface area contributed by atoms with Crippen LogP contribution in [0.3, 0.4) is 0 Å². The number of anilines is 1. The third-order valence-electron chi connectivity index (χ3n) is 2.38. The lowest BCUT2D eigenvalue weighted by molar-refractivity contribution is 0.251. The van der Waals surface area contributed by atoms with Gasteiger partial charge in [0.05, 0.1) is 0 Å². The number of rotatable bonds is 5. The smallest absolute Gasteiger partial charge is 0.319 e. The minimum absolute atomic E-state index is 0.0664. The zero-order chi connectivity index (χ0) is 13.5. The van der Waals surface area contributed by atoms with Crippen LogP contribution in [0.2, 0.25) is 0 Å². The Balaban J connectivity index is 2.34. The minimum Gasteiger partial charge on any atom is -0.336 e. The molecule has 5 heteroatoms. The fraction of sp³-hybridized carbons (Fsp3) is 0.462. The molecule has 1 aromatic carbocycles. The summed E-state index contributed by atoms with van der Waals surface area (Å²) in [7, 11) is 0. The summed E-state index contributed by atoms with van der Waals surface area (Å²) in [5, 5.41) is 5.20. The highest BCUT2D eigenvalue weighted by atomic mass is 19.1. The standard InChI is InChI=1S/C13H20FN3O/c1-9(2)6-11(15)8-16-13(18)17-12-5-3-4-10(14)7-12/h3-5,7,9,11H,6,8,15H2,1-2H3,(H2,16,17,18). The number of hydrogen-bond acceptors (Lipinski definition) is 2. The van der Waals surface area contributed by atoms with Gasteiger partial charge in [0.25, 0.3) is 0 Å². The zero-order valence-electron chi connectivity index (χ0n) is 10.7. The second kappa shape index (κ2) is 6.96. The van der Waals surface area contributed by atoms with Crippen molar-refractivity contribution in [2.24, 2.45) is 11.7 Å². The number of amides is 2. The lowest BCUT2D eigenvalue weighted by Gasteiger charge is -2.15. The topological polar surface area (TPSA) is 67.1 Å². The van der Waals surface area contributed by atoms with Crippen molar-refractivity contribution >= 4 is 11.7 Å². The predicted octanol–water partition coefficient (Wildman–Crippen LogP) is 2.32. The van der Waals surface area contributed by atoms with Crippen LogP contribution in [-0.4, -0.2) is 18.6 Å². The number of urea groups is 1. The molecule has 0 aromatic heterocycles. The summed E-state index contributed by atoms with van der Waals surface area (Å²) < 4.78 is 12.9. The second-order valence-electron chi connectivity index (χ2n) is 4.74. The molecule has 1 unspecified atom stereocenters. The molecule has 0 saturated heterocycles. The first kappa shape index (κ1) is 14.4. The van der Waals surface area contributed by atoms with Gasteiger partial charge in [-0.2, -0.15) is 0 Å². The molecule has 2 amide bonds. The van der Waals surface area contributed by atoms with Crippen molar-refractivity contribution in [3.63, 3.8) is 0 Å². The van der Waals surface area contributed by atoms with Crippen LogP contribution in [0.15, 0.2) is 24.3 Å². The van der Waals surface area contributed by atoms with E-state index in [0.29, 0.717) is 18.2 Å². The summed E-state index contributed by atoms with van der Waals surface area (Å²) in [6, 6.07) is 5.30. The van der Waals surface area contributed by atoms with E-state index in [9.17, 15) is 9.18 Å². The van der Waals surface area contributed by atoms with Gasteiger partial charge in [-0.25, -0.2) is 9.18 Å². The third-order valence-corrected chi connectivity index (χ3v) is 2.38. The Hall–Kier alpha value is -1.62. The molecule has 0 aliphatic heterocycles. The Morgan fingerprint density at radius 1 is 1.44 bits per heavy atom. The van der Waals surface area contributed by atoms with Crippen molar-refractivity contribution in [2.75, 3.05) is 11.9 Å². The van der Waals surface area contributed by atoms with Crippen molar-refractivity contribution in [1.82, 2.24) is 5.32 Å². The molecule has 0 bridgehead atoms. The van der Waals surface area contributed by atoms with E-state index in [1.165, 1.54) is 18.2 Å². The lowest BCUT2D eigenvalue weighted by Crippen LogP contribution is -2.39. The van der Waals surface area contributed by atoms with E-state index in [1.54, 1.807) is 6.07 Å². The highest BCUT2D eigenvalue weighted by molar-refractivity contribution is 5.89. The maximum atomic E-state index is 12.9. The van der Waals surface area contributed by atoms with E-state index in [2.05, 4.69) is 24.5 Å². The van der Waals surface area contributed by atoms with E-state index in [1.807, 2.05) is 0 Å². The first-order valence-electron chi connectivity index (χ1n) is 6.03. The Morgan fingerprint density at radius 3 is 2.78 bits per heavy atom. The summed E-state index contributed by atoms with van der Waals surface area (Å²) >= 11 is 0. The maximum absolute atomic E-state index is 12.9. The molecule has 1 atom stereocenters. The lowest BCUT2D eigenvalue weighted by atomic mass is 10.0. The molecule has 0 radical (unpaired) electrons. The molecule has 0 heterocycles. The Kier molecular flexibility index (Phi) is 5.58. The van der Waals surface area contributed by atoms with Crippen LogP contribution in [0.5, 0.6) is 0 Å². The summed E-state index contributed by atoms with van der Waals surface area (Å²) in [6.45, 7) is 4.55. The van der Waals surface area contributed by atoms with E-state index in [-0.39, 0.29) is 17.9 Å². The monoisotopic (exact) mass is 253 g/mol. The maximum Gasteiger partial charge on any atom is 0.319 e. The minimum atomic E-state index is -0.385. The van der Waals surface area contributed by atoms with Crippen LogP contribution in [0.25, 0.3) is 0 Å². The van der Waals surface area contributed by atoms with Crippen LogP contribution in [0, 0.1) is 11.7 Å². The van der Waals surface area contributed by atoms with Crippen LogP contribution in [0.4, 0.5) is 14.9 Å². The van der Waals surface area contributed by atoms with Crippen molar-refractivity contribution in [3.05, 3.63) is 30.1 Å². The van der Waals surface area contributed by atoms with Gasteiger partial charge in [0, 0.05) is 18.3 Å². The second-order valence-corrected chi connectivity index (χ2v) is 4.74. The first-order valence-corrected chi connectivity index (χ1v) is 6.03. The van der Waals surface area contributed by atoms with Gasteiger partial charge in [0.15, 0.2) is 0 Å². The first-order chi connectivity index (χ1) is 8.47. The molecule has 4 N–H and O–H groups in total. The molecule has 0 aliphatic rings. The number of benzene rings is 1. The highest BCUT2D eigenvalue weighted by Crippen LogP contribution is 2.08. The summed E-state index contributed by atoms with van der Waals surface area (Å²) in [6.07, 6.45) is 0.847. The third kappa shape index (κ3) is 5.63. The van der Waals surface area contributed by atoms with Gasteiger partial charge in [-0.05, 0) is 30.5 Å². The molecule has 0 fully saturated rings. The Labute approximate surface area is 107 Å². The van der Waals surface area contributed by atoms with Crippen molar-refractivity contribution in [2.45, 2.75) is 26.3 Å². The Bertz CT molecular complexity index is 396. The van der Waals surface area contributed by atoms with Gasteiger partial charge in [0.1, 0.15) is 5.82 Å². The van der Waals surface area contributed by atoms with Gasteiger partial charge in [-0.15, -0.1) is 0 Å². The fourth-order valence-corrected chi connectivity index (χ4v) is 1.65. The number of nitrogens with two attached hydrogens (primary N) is 1. The van der Waals surface area contributed by atoms with E-state index in [4.69, 9.17) is 5.73 Å². The van der Waals surface area contributed by atoms with E-state index in [0.717, 1.165) is 6.42 Å². The Morgan fingerprint density at radius 2 is 2.17 bits per heavy atom. The van der Waals surface area contributed by atoms with Gasteiger partial charge >= 0.3 is 6.03 Å². The predicted molar refractivity (Wildman–Crippen MR) is 70.9 cm³/mol. The van der Waals surface area contributed by atoms with Crippen molar-refractivity contribution < 1.29 is 9.18 Å². The molecule has 100 valence electrons. The van der Waals surface area contributed by atoms with Crippen molar-refractivity contribution in [1.29, 1.82) is 0 Å². The summed E-state index contributed by atoms with van der Waals surface area (Å²) in [4.78, 5) is 11.5. The SMILES string of the molecule is CC(C)CC(N)CNC(=O)Nc1cccc(F)c1. The van der Waals surface area contributed by atoms with Gasteiger partial charge in [-0.3, -0.25) is 0 Å². The molecule has 4 nitrogen and oxygen atoms in total. The molecule has 18 heavy (non-hydrogen) atoms. The summed E-state index contributed by atoms with van der Waals surface area (Å²) in [5.41, 5.74) is 6.26. The number of hydrogen-bond donors (Lipinski definition) is 3. The molecule has 1 rings (SSSR count). The molecule has 0 spiro atoms. The molecular weight excluding hydrogens is 233 g/mol. The number of nitrogens with one attached hydrogen (secondary N) is 2. The number of carbonyl (C=O) groups is 1. The van der Waals surface area contributed by atoms with Gasteiger partial charge < -0.3 is 16.4 Å². The highest BCUT2D eigenvalue weighted by Gasteiger charge is 2.08. The largest absolute Gasteiger partial charge is 0.336 e. The summed E-state index contributed by atoms with van der Waals surface area (Å²) in [5.74, 6) is 0.109. The number of halogens is 1. The molecule has 1 aromatic rings. The van der Waals surface area contributed by atoms with Gasteiger partial charge in [-0.1, -0.05) is 19.9 Å². The average molecular weight is 253 g/mol.